The number of fused-ring (bicyclic) bond motifs is 5. The molecule has 0 aromatic heterocycles. The van der Waals surface area contributed by atoms with Gasteiger partial charge in [-0.3, -0.25) is 0 Å². The van der Waals surface area contributed by atoms with Gasteiger partial charge in [0.05, 0.1) is 31.5 Å². The van der Waals surface area contributed by atoms with Crippen LogP contribution >= 0.6 is 0 Å². The first-order valence-corrected chi connectivity index (χ1v) is 17.8. The first kappa shape index (κ1) is 32.0. The third-order valence-corrected chi connectivity index (χ3v) is 13.0. The topological polar surface area (TPSA) is 38.7 Å². The van der Waals surface area contributed by atoms with E-state index in [1.165, 1.54) is 30.4 Å². The molecule has 0 bridgehead atoms. The Balaban J connectivity index is 1.23. The molecular formula is C41H58O3. The maximum absolute atomic E-state index is 11.7. The maximum Gasteiger partial charge on any atom is 0.0720 e. The fraction of sp³-hybridized carbons (Fsp3) is 0.659. The standard InChI is InChI=1S/C41H58O3/c1-28(2)13-12-14-29(3)39-37(42)25-35-33-24-38(44-27-31-17-10-7-11-18-31)36-23-32(43-26-30-15-8-6-9-16-30)19-21-40(36,4)34(33)20-22-41(35,39)5/h6-13,15-18,28-29,32-39,42H,14,19-27H2,1-5H3/b13-12-/t29-,32+,33-,34+,35+,36-,37+,38-,39+,40-,41+/m1/s1. The summed E-state index contributed by atoms with van der Waals surface area (Å²) in [6.07, 6.45) is 14.2. The smallest absolute Gasteiger partial charge is 0.0720 e. The van der Waals surface area contributed by atoms with Crippen molar-refractivity contribution in [3.8, 4) is 0 Å². The van der Waals surface area contributed by atoms with Crippen LogP contribution in [-0.4, -0.2) is 23.4 Å². The summed E-state index contributed by atoms with van der Waals surface area (Å²) in [5, 5.41) is 11.7. The lowest BCUT2D eigenvalue weighted by molar-refractivity contribution is -0.194. The minimum Gasteiger partial charge on any atom is -0.393 e. The SMILES string of the molecule is CC(C)/C=C\C[C@@H](C)[C@H]1[C@@H](O)C[C@H]2[C@@H]3C[C@@H](OCc4ccccc4)[C@H]4C[C@@H](OCc5ccccc5)CC[C@]4(C)[C@H]3CC[C@]12C. The van der Waals surface area contributed by atoms with Crippen molar-refractivity contribution >= 4 is 0 Å². The monoisotopic (exact) mass is 598 g/mol. The highest BCUT2D eigenvalue weighted by atomic mass is 16.5. The van der Waals surface area contributed by atoms with Crippen LogP contribution in [0.2, 0.25) is 0 Å². The fourth-order valence-electron chi connectivity index (χ4n) is 10.9. The minimum absolute atomic E-state index is 0.192. The molecule has 11 atom stereocenters. The summed E-state index contributed by atoms with van der Waals surface area (Å²) in [5.74, 6) is 3.87. The molecule has 3 nitrogen and oxygen atoms in total. The molecule has 2 aromatic carbocycles. The third-order valence-electron chi connectivity index (χ3n) is 13.0. The van der Waals surface area contributed by atoms with Gasteiger partial charge in [0.1, 0.15) is 0 Å². The van der Waals surface area contributed by atoms with E-state index in [1.54, 1.807) is 0 Å². The summed E-state index contributed by atoms with van der Waals surface area (Å²) < 4.78 is 13.6. The number of aliphatic hydroxyl groups is 1. The number of allylic oxidation sites excluding steroid dienone is 2. The molecule has 0 heterocycles. The van der Waals surface area contributed by atoms with Crippen LogP contribution in [0.15, 0.2) is 72.8 Å². The van der Waals surface area contributed by atoms with Gasteiger partial charge < -0.3 is 14.6 Å². The second kappa shape index (κ2) is 13.4. The van der Waals surface area contributed by atoms with E-state index in [2.05, 4.69) is 107 Å². The van der Waals surface area contributed by atoms with Crippen LogP contribution in [0.4, 0.5) is 0 Å². The van der Waals surface area contributed by atoms with Gasteiger partial charge in [-0.2, -0.15) is 0 Å². The van der Waals surface area contributed by atoms with E-state index >= 15 is 0 Å². The molecular weight excluding hydrogens is 540 g/mol. The Hall–Kier alpha value is -1.94. The molecule has 0 amide bonds. The predicted molar refractivity (Wildman–Crippen MR) is 180 cm³/mol. The Morgan fingerprint density at radius 1 is 0.773 bits per heavy atom. The molecule has 0 spiro atoms. The van der Waals surface area contributed by atoms with E-state index in [-0.39, 0.29) is 23.0 Å². The lowest BCUT2D eigenvalue weighted by atomic mass is 9.43. The second-order valence-corrected chi connectivity index (χ2v) is 16.0. The van der Waals surface area contributed by atoms with E-state index in [4.69, 9.17) is 9.47 Å². The molecule has 0 radical (unpaired) electrons. The highest BCUT2D eigenvalue weighted by Gasteiger charge is 2.64. The average Bonchev–Trinajstić information content (AvgIpc) is 3.29. The highest BCUT2D eigenvalue weighted by molar-refractivity contribution is 5.16. The second-order valence-electron chi connectivity index (χ2n) is 16.0. The van der Waals surface area contributed by atoms with Crippen molar-refractivity contribution in [3.63, 3.8) is 0 Å². The van der Waals surface area contributed by atoms with Crippen LogP contribution < -0.4 is 0 Å². The van der Waals surface area contributed by atoms with E-state index in [1.807, 2.05) is 0 Å². The minimum atomic E-state index is -0.192. The van der Waals surface area contributed by atoms with Gasteiger partial charge in [0.2, 0.25) is 0 Å². The summed E-state index contributed by atoms with van der Waals surface area (Å²) in [6.45, 7) is 13.4. The van der Waals surface area contributed by atoms with Gasteiger partial charge >= 0.3 is 0 Å². The zero-order chi connectivity index (χ0) is 30.9. The zero-order valence-electron chi connectivity index (χ0n) is 28.0. The molecule has 1 N–H and O–H groups in total. The van der Waals surface area contributed by atoms with Crippen molar-refractivity contribution in [2.75, 3.05) is 0 Å². The zero-order valence-corrected chi connectivity index (χ0v) is 28.0. The quantitative estimate of drug-likeness (QED) is 0.277. The Kier molecular flexibility index (Phi) is 9.77. The van der Waals surface area contributed by atoms with Crippen molar-refractivity contribution in [1.29, 1.82) is 0 Å². The van der Waals surface area contributed by atoms with E-state index < -0.39 is 0 Å². The van der Waals surface area contributed by atoms with Gasteiger partial charge in [-0.25, -0.2) is 0 Å². The average molecular weight is 599 g/mol. The molecule has 0 aliphatic heterocycles. The van der Waals surface area contributed by atoms with Crippen molar-refractivity contribution in [2.45, 2.75) is 118 Å². The van der Waals surface area contributed by atoms with Crippen LogP contribution in [-0.2, 0) is 22.7 Å². The molecule has 240 valence electrons. The molecule has 3 heteroatoms. The molecule has 4 fully saturated rings. The molecule has 0 unspecified atom stereocenters. The largest absolute Gasteiger partial charge is 0.393 e. The molecule has 4 aliphatic rings. The molecule has 2 aromatic rings. The van der Waals surface area contributed by atoms with Gasteiger partial charge in [0.25, 0.3) is 0 Å². The van der Waals surface area contributed by atoms with Crippen LogP contribution in [0.1, 0.15) is 97.1 Å². The summed E-state index contributed by atoms with van der Waals surface area (Å²) >= 11 is 0. The van der Waals surface area contributed by atoms with Crippen molar-refractivity contribution < 1.29 is 14.6 Å². The normalized spacial score (nSPS) is 39.2. The molecule has 44 heavy (non-hydrogen) atoms. The number of hydrogen-bond donors (Lipinski definition) is 1. The Morgan fingerprint density at radius 2 is 1.41 bits per heavy atom. The van der Waals surface area contributed by atoms with Crippen LogP contribution in [0.25, 0.3) is 0 Å². The summed E-state index contributed by atoms with van der Waals surface area (Å²) in [6, 6.07) is 21.4. The van der Waals surface area contributed by atoms with Crippen molar-refractivity contribution in [1.82, 2.24) is 0 Å². The van der Waals surface area contributed by atoms with Gasteiger partial charge in [-0.1, -0.05) is 107 Å². The predicted octanol–water partition coefficient (Wildman–Crippen LogP) is 9.64. The summed E-state index contributed by atoms with van der Waals surface area (Å²) in [5.41, 5.74) is 2.98. The number of aliphatic hydroxyl groups excluding tert-OH is 1. The Labute approximate surface area is 267 Å². The molecule has 0 saturated heterocycles. The lowest BCUT2D eigenvalue weighted by Crippen LogP contribution is -2.59. The highest BCUT2D eigenvalue weighted by Crippen LogP contribution is 2.68. The first-order valence-electron chi connectivity index (χ1n) is 17.8. The number of hydrogen-bond acceptors (Lipinski definition) is 3. The fourth-order valence-corrected chi connectivity index (χ4v) is 10.9. The van der Waals surface area contributed by atoms with E-state index in [9.17, 15) is 5.11 Å². The first-order chi connectivity index (χ1) is 21.2. The number of benzene rings is 2. The van der Waals surface area contributed by atoms with Gasteiger partial charge in [0.15, 0.2) is 0 Å². The van der Waals surface area contributed by atoms with Crippen LogP contribution in [0.5, 0.6) is 0 Å². The van der Waals surface area contributed by atoms with Crippen molar-refractivity contribution in [2.24, 2.45) is 52.3 Å². The van der Waals surface area contributed by atoms with Crippen molar-refractivity contribution in [3.05, 3.63) is 83.9 Å². The van der Waals surface area contributed by atoms with Gasteiger partial charge in [-0.05, 0) is 115 Å². The number of rotatable bonds is 10. The summed E-state index contributed by atoms with van der Waals surface area (Å²) in [4.78, 5) is 0. The van der Waals surface area contributed by atoms with Crippen LogP contribution in [0.3, 0.4) is 0 Å². The molecule has 4 saturated carbocycles. The van der Waals surface area contributed by atoms with E-state index in [0.717, 1.165) is 32.1 Å². The van der Waals surface area contributed by atoms with Crippen LogP contribution in [0, 0.1) is 52.3 Å². The van der Waals surface area contributed by atoms with Gasteiger partial charge in [-0.15, -0.1) is 0 Å². The number of ether oxygens (including phenoxy) is 2. The van der Waals surface area contributed by atoms with E-state index in [0.29, 0.717) is 60.7 Å². The lowest BCUT2D eigenvalue weighted by Gasteiger charge is -2.63. The summed E-state index contributed by atoms with van der Waals surface area (Å²) in [7, 11) is 0. The molecule has 6 rings (SSSR count). The van der Waals surface area contributed by atoms with Gasteiger partial charge in [0, 0.05) is 0 Å². The maximum atomic E-state index is 11.7. The Morgan fingerprint density at radius 3 is 2.07 bits per heavy atom. The molecule has 4 aliphatic carbocycles. The Bertz CT molecular complexity index is 1220. The third kappa shape index (κ3) is 6.36.